The number of rotatable bonds is 3. The Labute approximate surface area is 96.8 Å². The van der Waals surface area contributed by atoms with E-state index in [1.54, 1.807) is 0 Å². The van der Waals surface area contributed by atoms with Gasteiger partial charge >= 0.3 is 0 Å². The van der Waals surface area contributed by atoms with Gasteiger partial charge in [0.15, 0.2) is 0 Å². The summed E-state index contributed by atoms with van der Waals surface area (Å²) in [5.74, 6) is 1.73. The van der Waals surface area contributed by atoms with Crippen molar-refractivity contribution in [3.8, 4) is 5.75 Å². The molecular formula is C12H12BrNO. The van der Waals surface area contributed by atoms with Crippen LogP contribution in [0.15, 0.2) is 28.9 Å². The van der Waals surface area contributed by atoms with Gasteiger partial charge in [-0.1, -0.05) is 0 Å². The van der Waals surface area contributed by atoms with Crippen LogP contribution in [0.5, 0.6) is 5.75 Å². The van der Waals surface area contributed by atoms with Gasteiger partial charge in [-0.3, -0.25) is 0 Å². The molecule has 3 heteroatoms. The Hall–Kier alpha value is -0.960. The van der Waals surface area contributed by atoms with Crippen LogP contribution < -0.4 is 4.74 Å². The van der Waals surface area contributed by atoms with Crippen LogP contribution in [0.4, 0.5) is 0 Å². The predicted octanol–water partition coefficient (Wildman–Crippen LogP) is 3.72. The van der Waals surface area contributed by atoms with Crippen molar-refractivity contribution >= 4 is 26.8 Å². The van der Waals surface area contributed by atoms with E-state index >= 15 is 0 Å². The van der Waals surface area contributed by atoms with E-state index in [4.69, 9.17) is 4.74 Å². The van der Waals surface area contributed by atoms with Gasteiger partial charge in [-0.15, -0.1) is 0 Å². The molecule has 0 atom stereocenters. The third kappa shape index (κ3) is 1.76. The zero-order chi connectivity index (χ0) is 10.3. The number of nitrogens with one attached hydrogen (secondary N) is 1. The molecule has 0 aliphatic heterocycles. The maximum Gasteiger partial charge on any atom is 0.135 e. The smallest absolute Gasteiger partial charge is 0.135 e. The van der Waals surface area contributed by atoms with E-state index in [1.807, 2.05) is 12.3 Å². The fourth-order valence-corrected chi connectivity index (χ4v) is 2.27. The van der Waals surface area contributed by atoms with Crippen LogP contribution in [-0.2, 0) is 0 Å². The highest BCUT2D eigenvalue weighted by Gasteiger charge is 2.22. The van der Waals surface area contributed by atoms with Gasteiger partial charge in [0.25, 0.3) is 0 Å². The van der Waals surface area contributed by atoms with E-state index in [0.29, 0.717) is 0 Å². The molecule has 1 aliphatic rings. The molecule has 0 radical (unpaired) electrons. The van der Waals surface area contributed by atoms with Gasteiger partial charge in [-0.05, 0) is 52.9 Å². The first-order valence-corrected chi connectivity index (χ1v) is 6.02. The third-order valence-corrected chi connectivity index (χ3v) is 3.59. The summed E-state index contributed by atoms with van der Waals surface area (Å²) in [4.78, 5) is 3.20. The lowest BCUT2D eigenvalue weighted by atomic mass is 10.2. The molecule has 0 spiro atoms. The highest BCUT2D eigenvalue weighted by Crippen LogP contribution is 2.35. The van der Waals surface area contributed by atoms with Crippen LogP contribution in [0.25, 0.3) is 10.9 Å². The topological polar surface area (TPSA) is 25.0 Å². The molecule has 78 valence electrons. The van der Waals surface area contributed by atoms with Gasteiger partial charge in [0.2, 0.25) is 0 Å². The number of aromatic nitrogens is 1. The summed E-state index contributed by atoms with van der Waals surface area (Å²) in [6.45, 7) is 0.852. The van der Waals surface area contributed by atoms with Crippen LogP contribution in [0, 0.1) is 5.92 Å². The van der Waals surface area contributed by atoms with Crippen LogP contribution in [0.3, 0.4) is 0 Å². The number of fused-ring (bicyclic) bond motifs is 1. The van der Waals surface area contributed by atoms with E-state index in [2.05, 4.69) is 33.0 Å². The van der Waals surface area contributed by atoms with Crippen molar-refractivity contribution in [2.75, 3.05) is 6.61 Å². The third-order valence-electron chi connectivity index (χ3n) is 2.80. The summed E-state index contributed by atoms with van der Waals surface area (Å²) in [6, 6.07) is 6.17. The summed E-state index contributed by atoms with van der Waals surface area (Å²) in [5.41, 5.74) is 1.11. The maximum atomic E-state index is 5.77. The molecule has 2 aromatic rings. The number of benzene rings is 1. The first-order chi connectivity index (χ1) is 7.34. The summed E-state index contributed by atoms with van der Waals surface area (Å²) in [6.07, 6.45) is 4.59. The van der Waals surface area contributed by atoms with Crippen molar-refractivity contribution in [3.63, 3.8) is 0 Å². The van der Waals surface area contributed by atoms with Crippen molar-refractivity contribution in [2.24, 2.45) is 5.92 Å². The molecule has 1 aromatic carbocycles. The van der Waals surface area contributed by atoms with Crippen molar-refractivity contribution in [3.05, 3.63) is 28.9 Å². The maximum absolute atomic E-state index is 5.77. The van der Waals surface area contributed by atoms with E-state index in [-0.39, 0.29) is 0 Å². The molecule has 0 saturated heterocycles. The van der Waals surface area contributed by atoms with Gasteiger partial charge in [0.1, 0.15) is 5.75 Å². The molecule has 0 amide bonds. The van der Waals surface area contributed by atoms with E-state index in [0.717, 1.165) is 28.3 Å². The highest BCUT2D eigenvalue weighted by atomic mass is 79.9. The van der Waals surface area contributed by atoms with E-state index in [9.17, 15) is 0 Å². The molecule has 3 rings (SSSR count). The lowest BCUT2D eigenvalue weighted by molar-refractivity contribution is 0.298. The van der Waals surface area contributed by atoms with Crippen LogP contribution in [0.1, 0.15) is 12.8 Å². The van der Waals surface area contributed by atoms with Crippen molar-refractivity contribution in [1.29, 1.82) is 0 Å². The molecule has 1 aliphatic carbocycles. The molecule has 0 unspecified atom stereocenters. The number of halogens is 1. The molecule has 1 fully saturated rings. The second kappa shape index (κ2) is 3.56. The van der Waals surface area contributed by atoms with Gasteiger partial charge in [0.05, 0.1) is 16.6 Å². The van der Waals surface area contributed by atoms with Gasteiger partial charge in [0, 0.05) is 11.6 Å². The SMILES string of the molecule is Brc1c(OCC2CC2)ccc2cc[nH]c12. The molecule has 1 heterocycles. The average Bonchev–Trinajstić information content (AvgIpc) is 2.93. The lowest BCUT2D eigenvalue weighted by Crippen LogP contribution is -1.99. The minimum atomic E-state index is 0.788. The van der Waals surface area contributed by atoms with Crippen molar-refractivity contribution in [2.45, 2.75) is 12.8 Å². The van der Waals surface area contributed by atoms with Gasteiger partial charge in [-0.2, -0.15) is 0 Å². The first-order valence-electron chi connectivity index (χ1n) is 5.23. The Kier molecular flexibility index (Phi) is 2.20. The Morgan fingerprint density at radius 1 is 1.33 bits per heavy atom. The van der Waals surface area contributed by atoms with E-state index in [1.165, 1.54) is 18.2 Å². The second-order valence-electron chi connectivity index (χ2n) is 4.07. The molecule has 1 aromatic heterocycles. The van der Waals surface area contributed by atoms with Crippen molar-refractivity contribution < 1.29 is 4.74 Å². The standard InChI is InChI=1S/C12H12BrNO/c13-11-10(15-7-8-1-2-8)4-3-9-5-6-14-12(9)11/h3-6,8,14H,1-2,7H2. The van der Waals surface area contributed by atoms with Gasteiger partial charge in [-0.25, -0.2) is 0 Å². The zero-order valence-electron chi connectivity index (χ0n) is 8.29. The van der Waals surface area contributed by atoms with Gasteiger partial charge < -0.3 is 9.72 Å². The minimum Gasteiger partial charge on any atom is -0.492 e. The number of ether oxygens (including phenoxy) is 1. The molecule has 1 N–H and O–H groups in total. The monoisotopic (exact) mass is 265 g/mol. The number of hydrogen-bond acceptors (Lipinski definition) is 1. The predicted molar refractivity (Wildman–Crippen MR) is 64.2 cm³/mol. The average molecular weight is 266 g/mol. The lowest BCUT2D eigenvalue weighted by Gasteiger charge is -2.07. The zero-order valence-corrected chi connectivity index (χ0v) is 9.88. The van der Waals surface area contributed by atoms with Crippen LogP contribution in [0.2, 0.25) is 0 Å². The van der Waals surface area contributed by atoms with Crippen molar-refractivity contribution in [1.82, 2.24) is 4.98 Å². The van der Waals surface area contributed by atoms with E-state index < -0.39 is 0 Å². The fraction of sp³-hybridized carbons (Fsp3) is 0.333. The summed E-state index contributed by atoms with van der Waals surface area (Å²) < 4.78 is 6.80. The summed E-state index contributed by atoms with van der Waals surface area (Å²) >= 11 is 3.58. The number of H-pyrrole nitrogens is 1. The quantitative estimate of drug-likeness (QED) is 0.899. The fourth-order valence-electron chi connectivity index (χ4n) is 1.68. The van der Waals surface area contributed by atoms with Crippen LogP contribution >= 0.6 is 15.9 Å². The molecule has 0 bridgehead atoms. The molecule has 1 saturated carbocycles. The number of hydrogen-bond donors (Lipinski definition) is 1. The minimum absolute atomic E-state index is 0.788. The Balaban J connectivity index is 1.91. The molecule has 15 heavy (non-hydrogen) atoms. The Morgan fingerprint density at radius 3 is 3.00 bits per heavy atom. The first kappa shape index (κ1) is 9.28. The summed E-state index contributed by atoms with van der Waals surface area (Å²) in [5, 5.41) is 1.21. The second-order valence-corrected chi connectivity index (χ2v) is 4.87. The Bertz CT molecular complexity index is 487. The molecular weight excluding hydrogens is 254 g/mol. The highest BCUT2D eigenvalue weighted by molar-refractivity contribution is 9.10. The van der Waals surface area contributed by atoms with Crippen LogP contribution in [-0.4, -0.2) is 11.6 Å². The Morgan fingerprint density at radius 2 is 2.20 bits per heavy atom. The normalized spacial score (nSPS) is 15.8. The number of aromatic amines is 1. The largest absolute Gasteiger partial charge is 0.492 e. The summed E-state index contributed by atoms with van der Waals surface area (Å²) in [7, 11) is 0. The molecule has 2 nitrogen and oxygen atoms in total.